The molecule has 0 spiro atoms. The average Bonchev–Trinajstić information content (AvgIpc) is 2.93. The van der Waals surface area contributed by atoms with Crippen molar-refractivity contribution in [3.05, 3.63) is 99.8 Å². The van der Waals surface area contributed by atoms with Gasteiger partial charge in [0, 0.05) is 45.3 Å². The van der Waals surface area contributed by atoms with Gasteiger partial charge in [-0.15, -0.1) is 23.5 Å². The van der Waals surface area contributed by atoms with Gasteiger partial charge in [-0.3, -0.25) is 10.2 Å². The fourth-order valence-electron chi connectivity index (χ4n) is 4.45. The zero-order chi connectivity index (χ0) is 25.2. The molecule has 1 aliphatic rings. The molecule has 0 saturated heterocycles. The number of hydrogen-bond acceptors (Lipinski definition) is 5. The van der Waals surface area contributed by atoms with Crippen LogP contribution in [-0.2, 0) is 11.3 Å². The molecule has 3 aromatic rings. The number of benzene rings is 3. The van der Waals surface area contributed by atoms with E-state index in [1.165, 1.54) is 37.9 Å². The number of para-hydroxylation sites is 2. The zero-order valence-corrected chi connectivity index (χ0v) is 22.5. The fourth-order valence-corrected chi connectivity index (χ4v) is 6.94. The highest BCUT2D eigenvalue weighted by molar-refractivity contribution is 8.22. The summed E-state index contributed by atoms with van der Waals surface area (Å²) in [5.41, 5.74) is 10.0. The first-order chi connectivity index (χ1) is 17.7. The van der Waals surface area contributed by atoms with Crippen molar-refractivity contribution in [1.82, 2.24) is 5.43 Å². The fraction of sp³-hybridized carbons (Fsp3) is 0.300. The minimum atomic E-state index is -0.0839. The molecule has 3 aromatic carbocycles. The average molecular weight is 518 g/mol. The lowest BCUT2D eigenvalue weighted by molar-refractivity contribution is -0.121. The Labute approximate surface area is 223 Å². The first-order valence-corrected chi connectivity index (χ1v) is 14.7. The van der Waals surface area contributed by atoms with E-state index in [0.29, 0.717) is 6.42 Å². The maximum atomic E-state index is 11.4. The topological polar surface area (TPSA) is 58.4 Å². The number of carbonyl (C=O) groups is 1. The van der Waals surface area contributed by atoms with Gasteiger partial charge < -0.3 is 4.90 Å². The molecule has 0 radical (unpaired) electrons. The number of hydrogen-bond donors (Lipinski definition) is 2. The molecule has 3 N–H and O–H groups in total. The highest BCUT2D eigenvalue weighted by Gasteiger charge is 2.28. The van der Waals surface area contributed by atoms with Gasteiger partial charge in [0.05, 0.1) is 0 Å². The first kappa shape index (κ1) is 26.4. The van der Waals surface area contributed by atoms with Gasteiger partial charge in [0.15, 0.2) is 0 Å². The van der Waals surface area contributed by atoms with E-state index < -0.39 is 0 Å². The van der Waals surface area contributed by atoms with Crippen molar-refractivity contribution in [1.29, 1.82) is 0 Å². The van der Waals surface area contributed by atoms with Gasteiger partial charge in [-0.25, -0.2) is 5.84 Å². The van der Waals surface area contributed by atoms with E-state index in [1.807, 2.05) is 23.5 Å². The molecule has 188 valence electrons. The molecule has 36 heavy (non-hydrogen) atoms. The molecule has 1 aliphatic heterocycles. The Kier molecular flexibility index (Phi) is 9.96. The standard InChI is InChI=1S/C30H35N3OS2/c1-2-20-35-30(36-21-12-4-7-19-28(34)32-31)29-24-15-8-10-17-26(24)33(22-23-13-5-3-6-14-23)27-18-11-9-16-25(27)29/h3,5-6,8-11,13-18H,2,4,7,12,19-22,31H2,1H3,(H,32,34). The number of nitrogens with zero attached hydrogens (tertiary/aromatic N) is 1. The number of hydrazine groups is 1. The number of nitrogens with two attached hydrogens (primary N) is 1. The predicted molar refractivity (Wildman–Crippen MR) is 157 cm³/mol. The minimum absolute atomic E-state index is 0.0839. The van der Waals surface area contributed by atoms with E-state index in [2.05, 4.69) is 96.1 Å². The van der Waals surface area contributed by atoms with E-state index in [-0.39, 0.29) is 5.91 Å². The summed E-state index contributed by atoms with van der Waals surface area (Å²) in [6, 6.07) is 28.4. The molecular weight excluding hydrogens is 482 g/mol. The van der Waals surface area contributed by atoms with Crippen molar-refractivity contribution in [2.75, 3.05) is 16.4 Å². The highest BCUT2D eigenvalue weighted by atomic mass is 32.2. The molecular formula is C30H35N3OS2. The largest absolute Gasteiger partial charge is 0.336 e. The van der Waals surface area contributed by atoms with Crippen LogP contribution in [0.25, 0.3) is 5.57 Å². The molecule has 1 amide bonds. The van der Waals surface area contributed by atoms with Crippen LogP contribution in [0.4, 0.5) is 11.4 Å². The first-order valence-electron chi connectivity index (χ1n) is 12.7. The summed E-state index contributed by atoms with van der Waals surface area (Å²) >= 11 is 3.94. The Morgan fingerprint density at radius 3 is 2.06 bits per heavy atom. The van der Waals surface area contributed by atoms with E-state index in [1.54, 1.807) is 0 Å². The summed E-state index contributed by atoms with van der Waals surface area (Å²) in [5, 5.41) is 0. The van der Waals surface area contributed by atoms with Crippen molar-refractivity contribution in [2.45, 2.75) is 45.6 Å². The summed E-state index contributed by atoms with van der Waals surface area (Å²) in [4.78, 5) is 13.9. The van der Waals surface area contributed by atoms with Crippen LogP contribution in [0.15, 0.2) is 83.1 Å². The number of carbonyl (C=O) groups excluding carboxylic acids is 1. The third-order valence-corrected chi connectivity index (χ3v) is 8.94. The highest BCUT2D eigenvalue weighted by Crippen LogP contribution is 2.50. The number of anilines is 2. The molecule has 0 fully saturated rings. The maximum Gasteiger partial charge on any atom is 0.233 e. The van der Waals surface area contributed by atoms with Gasteiger partial charge in [0.1, 0.15) is 0 Å². The summed E-state index contributed by atoms with van der Waals surface area (Å²) in [6.07, 6.45) is 4.62. The van der Waals surface area contributed by atoms with Crippen molar-refractivity contribution >= 4 is 46.4 Å². The van der Waals surface area contributed by atoms with Crippen LogP contribution in [0, 0.1) is 0 Å². The van der Waals surface area contributed by atoms with Gasteiger partial charge in [-0.2, -0.15) is 0 Å². The number of thioether (sulfide) groups is 2. The van der Waals surface area contributed by atoms with Crippen molar-refractivity contribution in [3.63, 3.8) is 0 Å². The summed E-state index contributed by atoms with van der Waals surface area (Å²) in [7, 11) is 0. The Morgan fingerprint density at radius 2 is 1.42 bits per heavy atom. The second-order valence-electron chi connectivity index (χ2n) is 8.84. The molecule has 0 saturated carbocycles. The van der Waals surface area contributed by atoms with Crippen LogP contribution in [-0.4, -0.2) is 17.4 Å². The minimum Gasteiger partial charge on any atom is -0.336 e. The Hall–Kier alpha value is -2.67. The van der Waals surface area contributed by atoms with Crippen molar-refractivity contribution < 1.29 is 4.79 Å². The molecule has 0 bridgehead atoms. The van der Waals surface area contributed by atoms with Gasteiger partial charge in [0.25, 0.3) is 0 Å². The van der Waals surface area contributed by atoms with Crippen LogP contribution in [0.2, 0.25) is 0 Å². The maximum absolute atomic E-state index is 11.4. The van der Waals surface area contributed by atoms with Crippen LogP contribution in [0.3, 0.4) is 0 Å². The second-order valence-corrected chi connectivity index (χ2v) is 11.3. The van der Waals surface area contributed by atoms with E-state index in [4.69, 9.17) is 5.84 Å². The third-order valence-electron chi connectivity index (χ3n) is 6.20. The number of unbranched alkanes of at least 4 members (excludes halogenated alkanes) is 2. The van der Waals surface area contributed by atoms with E-state index in [9.17, 15) is 4.79 Å². The molecule has 0 unspecified atom stereocenters. The molecule has 0 aliphatic carbocycles. The number of rotatable bonds is 12. The zero-order valence-electron chi connectivity index (χ0n) is 20.9. The number of amides is 1. The molecule has 0 aromatic heterocycles. The van der Waals surface area contributed by atoms with Crippen LogP contribution in [0.5, 0.6) is 0 Å². The summed E-state index contributed by atoms with van der Waals surface area (Å²) in [5.74, 6) is 7.25. The Morgan fingerprint density at radius 1 is 0.806 bits per heavy atom. The SMILES string of the molecule is CCCSC(SCCCCCC(=O)NN)=C1c2ccccc2N(Cc2ccccc2)c2ccccc21. The molecule has 6 heteroatoms. The quantitative estimate of drug-likeness (QED) is 0.113. The van der Waals surface area contributed by atoms with Crippen molar-refractivity contribution in [3.8, 4) is 0 Å². The Bertz CT molecular complexity index is 1130. The van der Waals surface area contributed by atoms with Gasteiger partial charge >= 0.3 is 0 Å². The van der Waals surface area contributed by atoms with E-state index in [0.717, 1.165) is 43.7 Å². The van der Waals surface area contributed by atoms with Gasteiger partial charge in [-0.1, -0.05) is 80.1 Å². The normalized spacial score (nSPS) is 12.2. The smallest absolute Gasteiger partial charge is 0.233 e. The lowest BCUT2D eigenvalue weighted by atomic mass is 9.91. The van der Waals surface area contributed by atoms with Gasteiger partial charge in [0.2, 0.25) is 5.91 Å². The van der Waals surface area contributed by atoms with E-state index >= 15 is 0 Å². The second kappa shape index (κ2) is 13.6. The van der Waals surface area contributed by atoms with Crippen LogP contribution < -0.4 is 16.2 Å². The third kappa shape index (κ3) is 6.55. The van der Waals surface area contributed by atoms with Crippen molar-refractivity contribution in [2.24, 2.45) is 5.84 Å². The Balaban J connectivity index is 1.65. The number of nitrogens with one attached hydrogen (secondary N) is 1. The van der Waals surface area contributed by atoms with Crippen LogP contribution >= 0.6 is 23.5 Å². The molecule has 1 heterocycles. The summed E-state index contributed by atoms with van der Waals surface area (Å²) in [6.45, 7) is 3.08. The van der Waals surface area contributed by atoms with Gasteiger partial charge in [-0.05, 0) is 48.5 Å². The summed E-state index contributed by atoms with van der Waals surface area (Å²) < 4.78 is 1.40. The monoisotopic (exact) mass is 517 g/mol. The molecule has 0 atom stereocenters. The lowest BCUT2D eigenvalue weighted by Crippen LogP contribution is -2.29. The number of fused-ring (bicyclic) bond motifs is 2. The molecule has 4 nitrogen and oxygen atoms in total. The van der Waals surface area contributed by atoms with Crippen LogP contribution in [0.1, 0.15) is 55.7 Å². The lowest BCUT2D eigenvalue weighted by Gasteiger charge is -2.35. The molecule has 4 rings (SSSR count). The predicted octanol–water partition coefficient (Wildman–Crippen LogP) is 7.48.